The van der Waals surface area contributed by atoms with Gasteiger partial charge in [0.25, 0.3) is 0 Å². The second-order valence-corrected chi connectivity index (χ2v) is 8.18. The van der Waals surface area contributed by atoms with E-state index in [1.165, 1.54) is 18.2 Å². The van der Waals surface area contributed by atoms with E-state index in [2.05, 4.69) is 14.6 Å². The zero-order valence-electron chi connectivity index (χ0n) is 17.1. The van der Waals surface area contributed by atoms with Gasteiger partial charge in [0.2, 0.25) is 0 Å². The van der Waals surface area contributed by atoms with Crippen molar-refractivity contribution < 1.29 is 22.6 Å². The van der Waals surface area contributed by atoms with Crippen LogP contribution in [0.15, 0.2) is 23.0 Å². The highest BCUT2D eigenvalue weighted by Crippen LogP contribution is 2.32. The van der Waals surface area contributed by atoms with Crippen LogP contribution in [0.5, 0.6) is 5.75 Å². The molecule has 0 radical (unpaired) electrons. The Balaban J connectivity index is 1.44. The lowest BCUT2D eigenvalue weighted by atomic mass is 9.90. The van der Waals surface area contributed by atoms with E-state index in [-0.39, 0.29) is 17.5 Å². The first-order valence-corrected chi connectivity index (χ1v) is 10.7. The highest BCUT2D eigenvalue weighted by molar-refractivity contribution is 5.77. The predicted molar refractivity (Wildman–Crippen MR) is 107 cm³/mol. The number of aromatic amines is 1. The summed E-state index contributed by atoms with van der Waals surface area (Å²) in [5.74, 6) is -0.314. The monoisotopic (exact) mass is 427 g/mol. The molecule has 0 bridgehead atoms. The van der Waals surface area contributed by atoms with Crippen molar-refractivity contribution in [2.75, 3.05) is 19.7 Å². The molecular formula is C21H28F3N3O3. The minimum Gasteiger partial charge on any atom is -0.406 e. The minimum atomic E-state index is -4.76. The smallest absolute Gasteiger partial charge is 0.406 e. The van der Waals surface area contributed by atoms with Gasteiger partial charge < -0.3 is 19.4 Å². The molecule has 0 amide bonds. The van der Waals surface area contributed by atoms with Gasteiger partial charge in [0, 0.05) is 37.8 Å². The van der Waals surface area contributed by atoms with E-state index in [1.807, 2.05) is 6.92 Å². The third kappa shape index (κ3) is 4.67. The number of H-pyrrole nitrogens is 1. The van der Waals surface area contributed by atoms with Crippen LogP contribution in [0.3, 0.4) is 0 Å². The molecule has 2 aromatic rings. The molecule has 2 fully saturated rings. The number of likely N-dealkylation sites (tertiary alicyclic amines) is 1. The number of benzene rings is 1. The van der Waals surface area contributed by atoms with E-state index in [0.717, 1.165) is 58.2 Å². The van der Waals surface area contributed by atoms with Gasteiger partial charge in [-0.15, -0.1) is 13.2 Å². The first-order valence-electron chi connectivity index (χ1n) is 10.7. The molecule has 2 aliphatic rings. The van der Waals surface area contributed by atoms with E-state index >= 15 is 0 Å². The molecule has 2 heterocycles. The predicted octanol–water partition coefficient (Wildman–Crippen LogP) is 4.21. The van der Waals surface area contributed by atoms with Crippen molar-refractivity contribution in [2.24, 2.45) is 0 Å². The second kappa shape index (κ2) is 8.63. The average Bonchev–Trinajstić information content (AvgIpc) is 3.03. The zero-order chi connectivity index (χ0) is 21.3. The van der Waals surface area contributed by atoms with Crippen LogP contribution in [-0.2, 0) is 4.74 Å². The highest BCUT2D eigenvalue weighted by atomic mass is 19.4. The first kappa shape index (κ1) is 21.2. The maximum Gasteiger partial charge on any atom is 0.573 e. The summed E-state index contributed by atoms with van der Waals surface area (Å²) in [5.41, 5.74) is 0.688. The summed E-state index contributed by atoms with van der Waals surface area (Å²) in [7, 11) is 0. The van der Waals surface area contributed by atoms with Crippen LogP contribution in [0.4, 0.5) is 13.2 Å². The van der Waals surface area contributed by atoms with Crippen LogP contribution in [0.25, 0.3) is 11.0 Å². The molecule has 0 atom stereocenters. The van der Waals surface area contributed by atoms with Gasteiger partial charge in [0.15, 0.2) is 0 Å². The Kier molecular flexibility index (Phi) is 6.11. The SMILES string of the molecule is CCO[C@H]1CC[C@H](N2CCC(n3c(=O)[nH]c4ccc(OC(F)(F)F)cc43)CC2)CC1. The normalized spacial score (nSPS) is 24.4. The summed E-state index contributed by atoms with van der Waals surface area (Å²) in [5, 5.41) is 0. The molecule has 1 saturated carbocycles. The first-order chi connectivity index (χ1) is 14.3. The van der Waals surface area contributed by atoms with Crippen molar-refractivity contribution in [3.8, 4) is 5.75 Å². The van der Waals surface area contributed by atoms with Crippen LogP contribution in [0.2, 0.25) is 0 Å². The van der Waals surface area contributed by atoms with Gasteiger partial charge in [-0.25, -0.2) is 4.79 Å². The number of ether oxygens (including phenoxy) is 2. The van der Waals surface area contributed by atoms with Crippen molar-refractivity contribution in [3.63, 3.8) is 0 Å². The Bertz CT molecular complexity index is 908. The van der Waals surface area contributed by atoms with Crippen molar-refractivity contribution in [2.45, 2.75) is 70.0 Å². The lowest BCUT2D eigenvalue weighted by molar-refractivity contribution is -0.274. The molecule has 1 aromatic heterocycles. The number of imidazole rings is 1. The van der Waals surface area contributed by atoms with Gasteiger partial charge in [-0.2, -0.15) is 0 Å². The number of halogens is 3. The summed E-state index contributed by atoms with van der Waals surface area (Å²) in [4.78, 5) is 17.8. The van der Waals surface area contributed by atoms with Crippen molar-refractivity contribution in [1.82, 2.24) is 14.5 Å². The van der Waals surface area contributed by atoms with Gasteiger partial charge in [0.05, 0.1) is 17.1 Å². The average molecular weight is 427 g/mol. The molecule has 1 aliphatic carbocycles. The molecule has 6 nitrogen and oxygen atoms in total. The molecule has 0 spiro atoms. The van der Waals surface area contributed by atoms with Gasteiger partial charge in [-0.3, -0.25) is 4.57 Å². The Morgan fingerprint density at radius 1 is 1.07 bits per heavy atom. The largest absolute Gasteiger partial charge is 0.573 e. The van der Waals surface area contributed by atoms with Gasteiger partial charge in [-0.1, -0.05) is 0 Å². The van der Waals surface area contributed by atoms with Crippen LogP contribution in [0.1, 0.15) is 51.5 Å². The van der Waals surface area contributed by atoms with Crippen LogP contribution in [-0.4, -0.2) is 52.7 Å². The number of fused-ring (bicyclic) bond motifs is 1. The number of aromatic nitrogens is 2. The second-order valence-electron chi connectivity index (χ2n) is 8.18. The summed E-state index contributed by atoms with van der Waals surface area (Å²) in [6, 6.07) is 4.48. The lowest BCUT2D eigenvalue weighted by Crippen LogP contribution is -2.45. The molecule has 9 heteroatoms. The van der Waals surface area contributed by atoms with Gasteiger partial charge >= 0.3 is 12.1 Å². The summed E-state index contributed by atoms with van der Waals surface area (Å²) in [6.45, 7) is 4.55. The fourth-order valence-corrected chi connectivity index (χ4v) is 4.98. The maximum absolute atomic E-state index is 12.6. The fourth-order valence-electron chi connectivity index (χ4n) is 4.98. The maximum atomic E-state index is 12.6. The van der Waals surface area contributed by atoms with Crippen LogP contribution >= 0.6 is 0 Å². The Labute approximate surface area is 172 Å². The highest BCUT2D eigenvalue weighted by Gasteiger charge is 2.32. The number of hydrogen-bond acceptors (Lipinski definition) is 4. The quantitative estimate of drug-likeness (QED) is 0.777. The molecule has 1 aromatic carbocycles. The molecule has 1 N–H and O–H groups in total. The number of nitrogens with zero attached hydrogens (tertiary/aromatic N) is 2. The van der Waals surface area contributed by atoms with Crippen LogP contribution in [0, 0.1) is 0 Å². The van der Waals surface area contributed by atoms with Crippen LogP contribution < -0.4 is 10.4 Å². The molecular weight excluding hydrogens is 399 g/mol. The van der Waals surface area contributed by atoms with Gasteiger partial charge in [0.1, 0.15) is 5.75 Å². The van der Waals surface area contributed by atoms with E-state index in [9.17, 15) is 18.0 Å². The van der Waals surface area contributed by atoms with E-state index in [0.29, 0.717) is 23.2 Å². The van der Waals surface area contributed by atoms with E-state index < -0.39 is 6.36 Å². The Morgan fingerprint density at radius 2 is 1.77 bits per heavy atom. The number of hydrogen-bond donors (Lipinski definition) is 1. The molecule has 30 heavy (non-hydrogen) atoms. The van der Waals surface area contributed by atoms with Crippen molar-refractivity contribution >= 4 is 11.0 Å². The summed E-state index contributed by atoms with van der Waals surface area (Å²) < 4.78 is 49.1. The Morgan fingerprint density at radius 3 is 2.40 bits per heavy atom. The van der Waals surface area contributed by atoms with E-state index in [4.69, 9.17) is 4.74 Å². The fraction of sp³-hybridized carbons (Fsp3) is 0.667. The molecule has 0 unspecified atom stereocenters. The zero-order valence-corrected chi connectivity index (χ0v) is 17.1. The van der Waals surface area contributed by atoms with Gasteiger partial charge in [-0.05, 0) is 57.6 Å². The van der Waals surface area contributed by atoms with Crippen molar-refractivity contribution in [3.05, 3.63) is 28.7 Å². The molecule has 166 valence electrons. The molecule has 4 rings (SSSR count). The molecule has 1 aliphatic heterocycles. The van der Waals surface area contributed by atoms with E-state index in [1.54, 1.807) is 4.57 Å². The lowest BCUT2D eigenvalue weighted by Gasteiger charge is -2.40. The minimum absolute atomic E-state index is 0.0385. The number of nitrogens with one attached hydrogen (secondary N) is 1. The number of rotatable bonds is 5. The number of piperidine rings is 1. The molecule has 1 saturated heterocycles. The van der Waals surface area contributed by atoms with Crippen molar-refractivity contribution in [1.29, 1.82) is 0 Å². The third-order valence-electron chi connectivity index (χ3n) is 6.35. The number of alkyl halides is 3. The summed E-state index contributed by atoms with van der Waals surface area (Å²) in [6.07, 6.45) is 1.63. The standard InChI is InChI=1S/C21H28F3N3O3/c1-2-29-16-5-3-14(4-6-16)26-11-9-15(10-12-26)27-19-13-17(30-21(22,23)24)7-8-18(19)25-20(27)28/h7-8,13-16H,2-6,9-12H2,1H3,(H,25,28)/t14-,16-. The topological polar surface area (TPSA) is 59.5 Å². The summed E-state index contributed by atoms with van der Waals surface area (Å²) >= 11 is 0. The third-order valence-corrected chi connectivity index (χ3v) is 6.35. The Hall–Kier alpha value is -2.00.